The minimum absolute atomic E-state index is 0.132. The Kier molecular flexibility index (Phi) is 5.22. The number of allylic oxidation sites excluding steroid dienone is 1. The first-order valence-electron chi connectivity index (χ1n) is 7.15. The van der Waals surface area contributed by atoms with Gasteiger partial charge in [-0.1, -0.05) is 53.7 Å². The van der Waals surface area contributed by atoms with E-state index in [0.29, 0.717) is 11.8 Å². The van der Waals surface area contributed by atoms with E-state index < -0.39 is 0 Å². The van der Waals surface area contributed by atoms with Crippen LogP contribution in [-0.4, -0.2) is 6.61 Å². The van der Waals surface area contributed by atoms with Crippen LogP contribution in [0.2, 0.25) is 0 Å². The molecular weight excluding hydrogens is 232 g/mol. The molecule has 0 heterocycles. The first kappa shape index (κ1) is 15.8. The molecule has 1 atom stereocenters. The van der Waals surface area contributed by atoms with E-state index >= 15 is 0 Å². The summed E-state index contributed by atoms with van der Waals surface area (Å²) < 4.78 is 5.90. The molecule has 1 rings (SSSR count). The maximum absolute atomic E-state index is 5.90. The smallest absolute Gasteiger partial charge is 0.119 e. The second-order valence-electron chi connectivity index (χ2n) is 6.77. The number of benzene rings is 1. The number of rotatable bonds is 5. The summed E-state index contributed by atoms with van der Waals surface area (Å²) in [5.74, 6) is 1.87. The van der Waals surface area contributed by atoms with Crippen molar-refractivity contribution in [3.8, 4) is 5.75 Å². The van der Waals surface area contributed by atoms with E-state index in [4.69, 9.17) is 4.74 Å². The summed E-state index contributed by atoms with van der Waals surface area (Å²) in [7, 11) is 0. The second kappa shape index (κ2) is 6.27. The van der Waals surface area contributed by atoms with E-state index in [2.05, 4.69) is 66.3 Å². The Morgan fingerprint density at radius 1 is 1.16 bits per heavy atom. The third-order valence-corrected chi connectivity index (χ3v) is 3.26. The second-order valence-corrected chi connectivity index (χ2v) is 6.77. The summed E-state index contributed by atoms with van der Waals surface area (Å²) in [5, 5.41) is 0. The lowest BCUT2D eigenvalue weighted by Gasteiger charge is -2.22. The predicted molar refractivity (Wildman–Crippen MR) is 84.1 cm³/mol. The first-order valence-corrected chi connectivity index (χ1v) is 7.15. The average molecular weight is 260 g/mol. The molecule has 0 saturated carbocycles. The maximum Gasteiger partial charge on any atom is 0.119 e. The highest BCUT2D eigenvalue weighted by atomic mass is 16.5. The van der Waals surface area contributed by atoms with Crippen LogP contribution in [0.1, 0.15) is 58.6 Å². The van der Waals surface area contributed by atoms with Crippen LogP contribution in [0.4, 0.5) is 0 Å². The van der Waals surface area contributed by atoms with Gasteiger partial charge in [-0.05, 0) is 40.5 Å². The molecule has 0 saturated heterocycles. The van der Waals surface area contributed by atoms with Gasteiger partial charge in [0.15, 0.2) is 0 Å². The largest absolute Gasteiger partial charge is 0.493 e. The van der Waals surface area contributed by atoms with Crippen molar-refractivity contribution in [1.82, 2.24) is 0 Å². The van der Waals surface area contributed by atoms with Crippen molar-refractivity contribution in [2.24, 2.45) is 5.92 Å². The van der Waals surface area contributed by atoms with Gasteiger partial charge in [0.2, 0.25) is 0 Å². The molecule has 0 bridgehead atoms. The molecule has 106 valence electrons. The van der Waals surface area contributed by atoms with Gasteiger partial charge in [-0.25, -0.2) is 0 Å². The third kappa shape index (κ3) is 4.74. The van der Waals surface area contributed by atoms with Crippen LogP contribution >= 0.6 is 0 Å². The quantitative estimate of drug-likeness (QED) is 0.652. The minimum Gasteiger partial charge on any atom is -0.493 e. The molecule has 19 heavy (non-hydrogen) atoms. The monoisotopic (exact) mass is 260 g/mol. The highest BCUT2D eigenvalue weighted by Crippen LogP contribution is 2.31. The first-order chi connectivity index (χ1) is 8.74. The van der Waals surface area contributed by atoms with Crippen LogP contribution in [0.5, 0.6) is 5.75 Å². The molecule has 0 amide bonds. The summed E-state index contributed by atoms with van der Waals surface area (Å²) in [4.78, 5) is 0. The van der Waals surface area contributed by atoms with Crippen molar-refractivity contribution < 1.29 is 4.74 Å². The standard InChI is InChI=1S/C18H28O/c1-8-14(4)15-9-16(18(5,6)7)11-17(10-15)19-12-13(2)3/h8-11,13-14H,1,12H2,2-7H3. The summed E-state index contributed by atoms with van der Waals surface area (Å²) in [6.45, 7) is 17.9. The summed E-state index contributed by atoms with van der Waals surface area (Å²) >= 11 is 0. The van der Waals surface area contributed by atoms with Crippen LogP contribution in [0.25, 0.3) is 0 Å². The molecule has 0 aliphatic rings. The van der Waals surface area contributed by atoms with Crippen molar-refractivity contribution in [2.75, 3.05) is 6.61 Å². The van der Waals surface area contributed by atoms with Gasteiger partial charge < -0.3 is 4.74 Å². The zero-order chi connectivity index (χ0) is 14.6. The van der Waals surface area contributed by atoms with Crippen LogP contribution in [0, 0.1) is 5.92 Å². The SMILES string of the molecule is C=CC(C)c1cc(OCC(C)C)cc(C(C)(C)C)c1. The van der Waals surface area contributed by atoms with Crippen molar-refractivity contribution in [2.45, 2.75) is 52.9 Å². The predicted octanol–water partition coefficient (Wildman–Crippen LogP) is 5.31. The topological polar surface area (TPSA) is 9.23 Å². The van der Waals surface area contributed by atoms with Gasteiger partial charge >= 0.3 is 0 Å². The Balaban J connectivity index is 3.13. The van der Waals surface area contributed by atoms with Gasteiger partial charge in [0, 0.05) is 0 Å². The number of hydrogen-bond donors (Lipinski definition) is 0. The molecule has 1 aromatic rings. The lowest BCUT2D eigenvalue weighted by atomic mass is 9.84. The van der Waals surface area contributed by atoms with Crippen LogP contribution < -0.4 is 4.74 Å². The molecule has 0 radical (unpaired) electrons. The van der Waals surface area contributed by atoms with E-state index in [9.17, 15) is 0 Å². The van der Waals surface area contributed by atoms with Crippen molar-refractivity contribution in [3.63, 3.8) is 0 Å². The fourth-order valence-electron chi connectivity index (χ4n) is 1.80. The van der Waals surface area contributed by atoms with E-state index in [0.717, 1.165) is 12.4 Å². The summed E-state index contributed by atoms with van der Waals surface area (Å²) in [5.41, 5.74) is 2.73. The molecule has 1 unspecified atom stereocenters. The van der Waals surface area contributed by atoms with Gasteiger partial charge in [0.25, 0.3) is 0 Å². The van der Waals surface area contributed by atoms with E-state index in [1.807, 2.05) is 6.08 Å². The molecule has 0 spiro atoms. The molecule has 1 nitrogen and oxygen atoms in total. The molecule has 0 aromatic heterocycles. The maximum atomic E-state index is 5.90. The van der Waals surface area contributed by atoms with E-state index in [1.54, 1.807) is 0 Å². The molecule has 1 aromatic carbocycles. The van der Waals surface area contributed by atoms with Crippen LogP contribution in [0.3, 0.4) is 0 Å². The van der Waals surface area contributed by atoms with Gasteiger partial charge in [0.05, 0.1) is 6.61 Å². The van der Waals surface area contributed by atoms with Gasteiger partial charge in [-0.2, -0.15) is 0 Å². The highest BCUT2D eigenvalue weighted by molar-refractivity contribution is 5.40. The zero-order valence-corrected chi connectivity index (χ0v) is 13.3. The normalized spacial score (nSPS) is 13.4. The Labute approximate surface area is 118 Å². The minimum atomic E-state index is 0.132. The number of ether oxygens (including phenoxy) is 1. The molecular formula is C18H28O. The van der Waals surface area contributed by atoms with Crippen LogP contribution in [0.15, 0.2) is 30.9 Å². The van der Waals surface area contributed by atoms with Crippen LogP contribution in [-0.2, 0) is 5.41 Å². The molecule has 0 aliphatic carbocycles. The number of hydrogen-bond acceptors (Lipinski definition) is 1. The average Bonchev–Trinajstić information content (AvgIpc) is 2.34. The summed E-state index contributed by atoms with van der Waals surface area (Å²) in [6, 6.07) is 6.58. The Bertz CT molecular complexity index is 424. The van der Waals surface area contributed by atoms with Gasteiger partial charge in [-0.15, -0.1) is 6.58 Å². The lowest BCUT2D eigenvalue weighted by Crippen LogP contribution is -2.13. The highest BCUT2D eigenvalue weighted by Gasteiger charge is 2.17. The fourth-order valence-corrected chi connectivity index (χ4v) is 1.80. The Morgan fingerprint density at radius 3 is 2.26 bits per heavy atom. The fraction of sp³-hybridized carbons (Fsp3) is 0.556. The van der Waals surface area contributed by atoms with Crippen molar-refractivity contribution >= 4 is 0 Å². The van der Waals surface area contributed by atoms with E-state index in [-0.39, 0.29) is 5.41 Å². The van der Waals surface area contributed by atoms with Gasteiger partial charge in [-0.3, -0.25) is 0 Å². The third-order valence-electron chi connectivity index (χ3n) is 3.26. The lowest BCUT2D eigenvalue weighted by molar-refractivity contribution is 0.270. The van der Waals surface area contributed by atoms with Gasteiger partial charge in [0.1, 0.15) is 5.75 Å². The Hall–Kier alpha value is -1.24. The zero-order valence-electron chi connectivity index (χ0n) is 13.3. The van der Waals surface area contributed by atoms with E-state index in [1.165, 1.54) is 11.1 Å². The molecule has 0 aliphatic heterocycles. The Morgan fingerprint density at radius 2 is 1.79 bits per heavy atom. The van der Waals surface area contributed by atoms with Crippen molar-refractivity contribution in [1.29, 1.82) is 0 Å². The molecule has 1 heteroatoms. The molecule has 0 fully saturated rings. The molecule has 0 N–H and O–H groups in total. The summed E-state index contributed by atoms with van der Waals surface area (Å²) in [6.07, 6.45) is 1.98. The van der Waals surface area contributed by atoms with Crippen molar-refractivity contribution in [3.05, 3.63) is 42.0 Å².